The van der Waals surface area contributed by atoms with Crippen molar-refractivity contribution in [1.82, 2.24) is 24.7 Å². The predicted molar refractivity (Wildman–Crippen MR) is 91.4 cm³/mol. The number of H-pyrrole nitrogens is 1. The van der Waals surface area contributed by atoms with Gasteiger partial charge in [-0.1, -0.05) is 6.07 Å². The zero-order valence-electron chi connectivity index (χ0n) is 13.9. The molecule has 3 aromatic heterocycles. The molecular weight excluding hydrogens is 363 g/mol. The molecule has 0 fully saturated rings. The van der Waals surface area contributed by atoms with Crippen molar-refractivity contribution in [3.63, 3.8) is 0 Å². The number of rotatable bonds is 3. The van der Waals surface area contributed by atoms with E-state index in [2.05, 4.69) is 24.8 Å². The predicted octanol–water partition coefficient (Wildman–Crippen LogP) is 2.81. The van der Waals surface area contributed by atoms with E-state index in [1.807, 2.05) is 6.20 Å². The highest BCUT2D eigenvalue weighted by Gasteiger charge is 2.28. The van der Waals surface area contributed by atoms with Crippen LogP contribution < -0.4 is 10.3 Å². The van der Waals surface area contributed by atoms with Gasteiger partial charge in [0, 0.05) is 30.3 Å². The van der Waals surface area contributed by atoms with E-state index in [0.717, 1.165) is 10.9 Å². The normalized spacial score (nSPS) is 12.0. The highest BCUT2D eigenvalue weighted by Crippen LogP contribution is 2.22. The molecule has 0 spiro atoms. The summed E-state index contributed by atoms with van der Waals surface area (Å²) in [7, 11) is 1.80. The van der Waals surface area contributed by atoms with Gasteiger partial charge in [0.1, 0.15) is 11.2 Å². The highest BCUT2D eigenvalue weighted by atomic mass is 19.4. The number of hydrogen-bond donors (Lipinski definition) is 1. The molecule has 0 saturated carbocycles. The fraction of sp³-hybridized carbons (Fsp3) is 0.176. The van der Waals surface area contributed by atoms with Gasteiger partial charge in [0.05, 0.1) is 5.52 Å². The van der Waals surface area contributed by atoms with Crippen molar-refractivity contribution in [3.8, 4) is 17.1 Å². The molecule has 27 heavy (non-hydrogen) atoms. The molecule has 0 saturated heterocycles. The second kappa shape index (κ2) is 6.08. The van der Waals surface area contributed by atoms with Crippen molar-refractivity contribution < 1.29 is 17.9 Å². The molecule has 3 heterocycles. The Hall–Kier alpha value is -3.43. The van der Waals surface area contributed by atoms with Crippen molar-refractivity contribution in [3.05, 3.63) is 46.9 Å². The summed E-state index contributed by atoms with van der Waals surface area (Å²) >= 11 is 0. The largest absolute Gasteiger partial charge is 0.468 e. The third-order valence-corrected chi connectivity index (χ3v) is 3.80. The lowest BCUT2D eigenvalue weighted by molar-refractivity contribution is -0.154. The topological polar surface area (TPSA) is 85.7 Å². The van der Waals surface area contributed by atoms with E-state index in [1.54, 1.807) is 29.9 Å². The van der Waals surface area contributed by atoms with Crippen LogP contribution in [0.3, 0.4) is 0 Å². The van der Waals surface area contributed by atoms with Crippen LogP contribution in [0.5, 0.6) is 5.88 Å². The molecule has 0 aliphatic heterocycles. The molecular formula is C17H12F3N5O2. The number of hydrogen-bond acceptors (Lipinski definition) is 5. The maximum absolute atomic E-state index is 12.4. The number of nitrogens with zero attached hydrogens (tertiary/aromatic N) is 4. The summed E-state index contributed by atoms with van der Waals surface area (Å²) in [6.07, 6.45) is -2.66. The second-order valence-corrected chi connectivity index (χ2v) is 5.91. The Kier molecular flexibility index (Phi) is 3.83. The molecule has 4 rings (SSSR count). The van der Waals surface area contributed by atoms with Gasteiger partial charge in [-0.25, -0.2) is 4.98 Å². The fourth-order valence-electron chi connectivity index (χ4n) is 2.68. The molecule has 4 aromatic rings. The van der Waals surface area contributed by atoms with E-state index in [1.165, 1.54) is 12.1 Å². The standard InChI is InChI=1S/C17H12F3N5O2/c1-25-7-10-6-9(2-3-11(10)24-25)14-16(26)23-15-12(21-14)4-5-13(22-15)27-8-17(18,19)20/h2-7H,8H2,1H3,(H,22,23,26). The summed E-state index contributed by atoms with van der Waals surface area (Å²) in [5, 5.41) is 5.12. The van der Waals surface area contributed by atoms with Gasteiger partial charge in [0.25, 0.3) is 5.56 Å². The minimum absolute atomic E-state index is 0.0471. The van der Waals surface area contributed by atoms with Crippen molar-refractivity contribution >= 4 is 22.1 Å². The van der Waals surface area contributed by atoms with Gasteiger partial charge in [-0.3, -0.25) is 9.48 Å². The van der Waals surface area contributed by atoms with Gasteiger partial charge in [-0.15, -0.1) is 0 Å². The number of pyridine rings is 1. The third-order valence-electron chi connectivity index (χ3n) is 3.80. The average Bonchev–Trinajstić information content (AvgIpc) is 2.97. The van der Waals surface area contributed by atoms with E-state index >= 15 is 0 Å². The number of benzene rings is 1. The summed E-state index contributed by atoms with van der Waals surface area (Å²) in [5.41, 5.74) is 1.42. The van der Waals surface area contributed by atoms with E-state index in [0.29, 0.717) is 11.1 Å². The summed E-state index contributed by atoms with van der Waals surface area (Å²) in [4.78, 5) is 23.1. The van der Waals surface area contributed by atoms with Crippen LogP contribution in [0, 0.1) is 0 Å². The number of alkyl halides is 3. The van der Waals surface area contributed by atoms with Crippen LogP contribution in [0.25, 0.3) is 33.3 Å². The van der Waals surface area contributed by atoms with Gasteiger partial charge in [0.2, 0.25) is 5.88 Å². The summed E-state index contributed by atoms with van der Waals surface area (Å²) in [6.45, 7) is -1.47. The lowest BCUT2D eigenvalue weighted by Gasteiger charge is -2.09. The summed E-state index contributed by atoms with van der Waals surface area (Å²) in [5.74, 6) is -0.248. The maximum atomic E-state index is 12.4. The van der Waals surface area contributed by atoms with Crippen LogP contribution in [0.2, 0.25) is 0 Å². The van der Waals surface area contributed by atoms with Crippen LogP contribution in [0.1, 0.15) is 0 Å². The number of ether oxygens (including phenoxy) is 1. The molecule has 0 amide bonds. The monoisotopic (exact) mass is 375 g/mol. The lowest BCUT2D eigenvalue weighted by Crippen LogP contribution is -2.20. The molecule has 0 unspecified atom stereocenters. The number of aryl methyl sites for hydroxylation is 1. The minimum Gasteiger partial charge on any atom is -0.468 e. The summed E-state index contributed by atoms with van der Waals surface area (Å²) < 4.78 is 43.0. The molecule has 0 radical (unpaired) electrons. The Morgan fingerprint density at radius 1 is 1.15 bits per heavy atom. The van der Waals surface area contributed by atoms with E-state index in [-0.39, 0.29) is 17.2 Å². The number of fused-ring (bicyclic) bond motifs is 2. The SMILES string of the molecule is Cn1cc2cc(-c3nc4ccc(OCC(F)(F)F)nc4[nH]c3=O)ccc2n1. The van der Waals surface area contributed by atoms with Crippen molar-refractivity contribution in [2.75, 3.05) is 6.61 Å². The van der Waals surface area contributed by atoms with Gasteiger partial charge < -0.3 is 9.72 Å². The highest BCUT2D eigenvalue weighted by molar-refractivity contribution is 5.84. The second-order valence-electron chi connectivity index (χ2n) is 5.91. The number of aromatic nitrogens is 5. The van der Waals surface area contributed by atoms with Crippen molar-refractivity contribution in [2.45, 2.75) is 6.18 Å². The zero-order valence-corrected chi connectivity index (χ0v) is 13.9. The van der Waals surface area contributed by atoms with Crippen molar-refractivity contribution in [1.29, 1.82) is 0 Å². The van der Waals surface area contributed by atoms with Gasteiger partial charge >= 0.3 is 6.18 Å². The zero-order chi connectivity index (χ0) is 19.2. The Morgan fingerprint density at radius 2 is 1.93 bits per heavy atom. The fourth-order valence-corrected chi connectivity index (χ4v) is 2.68. The van der Waals surface area contributed by atoms with Crippen LogP contribution in [0.4, 0.5) is 13.2 Å². The Labute approximate surface area is 149 Å². The number of nitrogens with one attached hydrogen (secondary N) is 1. The molecule has 10 heteroatoms. The van der Waals surface area contributed by atoms with E-state index < -0.39 is 18.3 Å². The minimum atomic E-state index is -4.48. The molecule has 0 aliphatic rings. The molecule has 0 atom stereocenters. The van der Waals surface area contributed by atoms with E-state index in [4.69, 9.17) is 0 Å². The molecule has 0 aliphatic carbocycles. The molecule has 7 nitrogen and oxygen atoms in total. The average molecular weight is 375 g/mol. The molecule has 138 valence electrons. The number of halogens is 3. The van der Waals surface area contributed by atoms with Crippen LogP contribution in [-0.4, -0.2) is 37.5 Å². The lowest BCUT2D eigenvalue weighted by atomic mass is 10.1. The first-order valence-electron chi connectivity index (χ1n) is 7.83. The Balaban J connectivity index is 1.73. The summed E-state index contributed by atoms with van der Waals surface area (Å²) in [6, 6.07) is 8.01. The van der Waals surface area contributed by atoms with Gasteiger partial charge in [0.15, 0.2) is 12.3 Å². The first-order valence-corrected chi connectivity index (χ1v) is 7.83. The van der Waals surface area contributed by atoms with Crippen LogP contribution in [-0.2, 0) is 7.05 Å². The van der Waals surface area contributed by atoms with Crippen molar-refractivity contribution in [2.24, 2.45) is 7.05 Å². The molecule has 1 N–H and O–H groups in total. The first kappa shape index (κ1) is 17.0. The van der Waals surface area contributed by atoms with E-state index in [9.17, 15) is 18.0 Å². The quantitative estimate of drug-likeness (QED) is 0.595. The smallest absolute Gasteiger partial charge is 0.422 e. The maximum Gasteiger partial charge on any atom is 0.422 e. The molecule has 1 aromatic carbocycles. The van der Waals surface area contributed by atoms with Gasteiger partial charge in [-0.2, -0.15) is 23.3 Å². The molecule has 0 bridgehead atoms. The van der Waals surface area contributed by atoms with Crippen LogP contribution >= 0.6 is 0 Å². The first-order chi connectivity index (χ1) is 12.8. The Morgan fingerprint density at radius 3 is 2.70 bits per heavy atom. The number of aromatic amines is 1. The third kappa shape index (κ3) is 3.46. The van der Waals surface area contributed by atoms with Crippen LogP contribution in [0.15, 0.2) is 41.3 Å². The van der Waals surface area contributed by atoms with Gasteiger partial charge in [-0.05, 0) is 18.2 Å². The Bertz CT molecular complexity index is 1210.